The first kappa shape index (κ1) is 15.0. The Morgan fingerprint density at radius 1 is 1.19 bits per heavy atom. The molecule has 0 unspecified atom stereocenters. The molecule has 0 spiro atoms. The molecule has 2 rings (SSSR count). The molecule has 0 amide bonds. The summed E-state index contributed by atoms with van der Waals surface area (Å²) >= 11 is 0. The molecule has 8 heteroatoms. The molecule has 1 heterocycles. The van der Waals surface area contributed by atoms with E-state index in [0.29, 0.717) is 0 Å². The number of nitrogens with two attached hydrogens (primary N) is 1. The van der Waals surface area contributed by atoms with Gasteiger partial charge in [-0.15, -0.1) is 13.2 Å². The fourth-order valence-corrected chi connectivity index (χ4v) is 1.74. The maximum Gasteiger partial charge on any atom is 0.573 e. The Kier molecular flexibility index (Phi) is 4.27. The lowest BCUT2D eigenvalue weighted by molar-refractivity contribution is -0.274. The third-order valence-electron chi connectivity index (χ3n) is 2.45. The Balaban J connectivity index is 2.46. The van der Waals surface area contributed by atoms with Crippen LogP contribution in [0.25, 0.3) is 11.3 Å². The number of benzene rings is 1. The predicted octanol–water partition coefficient (Wildman–Crippen LogP) is 2.77. The molecule has 2 aromatic rings. The fraction of sp³-hybridized carbons (Fsp3) is 0.231. The molecular formula is C13H12F3N3O2. The molecular weight excluding hydrogens is 287 g/mol. The summed E-state index contributed by atoms with van der Waals surface area (Å²) in [6.45, 7) is 0.0976. The Labute approximate surface area is 118 Å². The number of hydrogen-bond acceptors (Lipinski definition) is 5. The van der Waals surface area contributed by atoms with Crippen LogP contribution in [0.2, 0.25) is 0 Å². The van der Waals surface area contributed by atoms with Gasteiger partial charge >= 0.3 is 6.36 Å². The van der Waals surface area contributed by atoms with E-state index in [1.807, 2.05) is 0 Å². The normalized spacial score (nSPS) is 11.4. The highest BCUT2D eigenvalue weighted by molar-refractivity contribution is 5.68. The van der Waals surface area contributed by atoms with E-state index < -0.39 is 6.36 Å². The van der Waals surface area contributed by atoms with Crippen molar-refractivity contribution >= 4 is 5.82 Å². The van der Waals surface area contributed by atoms with Gasteiger partial charge in [-0.1, -0.05) is 12.1 Å². The minimum Gasteiger partial charge on any atom is -0.405 e. The quantitative estimate of drug-likeness (QED) is 0.940. The van der Waals surface area contributed by atoms with E-state index in [0.717, 1.165) is 0 Å². The number of para-hydroxylation sites is 1. The van der Waals surface area contributed by atoms with Crippen molar-refractivity contribution in [1.29, 1.82) is 0 Å². The van der Waals surface area contributed by atoms with Gasteiger partial charge < -0.3 is 15.2 Å². The number of aromatic nitrogens is 2. The van der Waals surface area contributed by atoms with Crippen LogP contribution in [0, 0.1) is 0 Å². The van der Waals surface area contributed by atoms with Gasteiger partial charge in [0, 0.05) is 18.7 Å². The summed E-state index contributed by atoms with van der Waals surface area (Å²) in [5.74, 6) is 0.0506. The SMILES string of the molecule is COCc1nc(N)cc(-c2ccccc2OC(F)(F)F)n1. The summed E-state index contributed by atoms with van der Waals surface area (Å²) in [5.41, 5.74) is 6.03. The van der Waals surface area contributed by atoms with Crippen LogP contribution in [-0.2, 0) is 11.3 Å². The fourth-order valence-electron chi connectivity index (χ4n) is 1.74. The molecule has 0 aliphatic heterocycles. The number of nitrogens with zero attached hydrogens (tertiary/aromatic N) is 2. The molecule has 112 valence electrons. The average molecular weight is 299 g/mol. The van der Waals surface area contributed by atoms with E-state index in [1.54, 1.807) is 6.07 Å². The largest absolute Gasteiger partial charge is 0.573 e. The van der Waals surface area contributed by atoms with E-state index in [4.69, 9.17) is 10.5 Å². The van der Waals surface area contributed by atoms with E-state index in [-0.39, 0.29) is 35.3 Å². The zero-order chi connectivity index (χ0) is 15.5. The maximum atomic E-state index is 12.4. The second-order valence-corrected chi connectivity index (χ2v) is 4.07. The standard InChI is InChI=1S/C13H12F3N3O2/c1-20-7-12-18-9(6-11(17)19-12)8-4-2-3-5-10(8)21-13(14,15)16/h2-6H,7H2,1H3,(H2,17,18,19). The number of ether oxygens (including phenoxy) is 2. The Hall–Kier alpha value is -2.35. The first-order chi connectivity index (χ1) is 9.89. The van der Waals surface area contributed by atoms with Crippen LogP contribution in [0.4, 0.5) is 19.0 Å². The Morgan fingerprint density at radius 2 is 1.90 bits per heavy atom. The van der Waals surface area contributed by atoms with Crippen LogP contribution < -0.4 is 10.5 Å². The van der Waals surface area contributed by atoms with Gasteiger partial charge in [0.05, 0.1) is 5.69 Å². The Bertz CT molecular complexity index is 632. The second kappa shape index (κ2) is 5.96. The van der Waals surface area contributed by atoms with Gasteiger partial charge in [0.2, 0.25) is 0 Å². The number of alkyl halides is 3. The molecule has 0 radical (unpaired) electrons. The summed E-state index contributed by atoms with van der Waals surface area (Å²) in [6.07, 6.45) is -4.79. The van der Waals surface area contributed by atoms with Gasteiger partial charge in [-0.05, 0) is 12.1 Å². The van der Waals surface area contributed by atoms with Crippen molar-refractivity contribution < 1.29 is 22.6 Å². The summed E-state index contributed by atoms with van der Waals surface area (Å²) in [4.78, 5) is 8.05. The topological polar surface area (TPSA) is 70.3 Å². The smallest absolute Gasteiger partial charge is 0.405 e. The summed E-state index contributed by atoms with van der Waals surface area (Å²) in [6, 6.07) is 7.05. The van der Waals surface area contributed by atoms with Crippen molar-refractivity contribution in [2.45, 2.75) is 13.0 Å². The monoisotopic (exact) mass is 299 g/mol. The molecule has 0 fully saturated rings. The molecule has 0 bridgehead atoms. The van der Waals surface area contributed by atoms with Crippen LogP contribution in [0.3, 0.4) is 0 Å². The molecule has 1 aromatic carbocycles. The molecule has 0 saturated carbocycles. The molecule has 0 aliphatic rings. The van der Waals surface area contributed by atoms with Crippen molar-refractivity contribution in [3.63, 3.8) is 0 Å². The highest BCUT2D eigenvalue weighted by atomic mass is 19.4. The van der Waals surface area contributed by atoms with Gasteiger partial charge in [-0.3, -0.25) is 0 Å². The molecule has 0 aliphatic carbocycles. The van der Waals surface area contributed by atoms with E-state index in [1.165, 1.54) is 31.4 Å². The number of methoxy groups -OCH3 is 1. The first-order valence-electron chi connectivity index (χ1n) is 5.86. The molecule has 1 aromatic heterocycles. The van der Waals surface area contributed by atoms with Crippen molar-refractivity contribution in [2.75, 3.05) is 12.8 Å². The first-order valence-corrected chi connectivity index (χ1v) is 5.86. The van der Waals surface area contributed by atoms with Crippen LogP contribution >= 0.6 is 0 Å². The highest BCUT2D eigenvalue weighted by Gasteiger charge is 2.32. The van der Waals surface area contributed by atoms with E-state index in [9.17, 15) is 13.2 Å². The van der Waals surface area contributed by atoms with E-state index in [2.05, 4.69) is 14.7 Å². The number of nitrogen functional groups attached to an aromatic ring is 1. The van der Waals surface area contributed by atoms with Crippen molar-refractivity contribution in [3.05, 3.63) is 36.2 Å². The van der Waals surface area contributed by atoms with Gasteiger partial charge in [0.25, 0.3) is 0 Å². The molecule has 21 heavy (non-hydrogen) atoms. The van der Waals surface area contributed by atoms with Gasteiger partial charge in [0.15, 0.2) is 5.82 Å². The Morgan fingerprint density at radius 3 is 2.57 bits per heavy atom. The average Bonchev–Trinajstić information content (AvgIpc) is 2.37. The van der Waals surface area contributed by atoms with Crippen LogP contribution in [0.5, 0.6) is 5.75 Å². The van der Waals surface area contributed by atoms with Crippen LogP contribution in [0.15, 0.2) is 30.3 Å². The molecule has 2 N–H and O–H groups in total. The maximum absolute atomic E-state index is 12.4. The lowest BCUT2D eigenvalue weighted by Gasteiger charge is -2.13. The van der Waals surface area contributed by atoms with E-state index >= 15 is 0 Å². The minimum absolute atomic E-state index is 0.0976. The predicted molar refractivity (Wildman–Crippen MR) is 69.3 cm³/mol. The lowest BCUT2D eigenvalue weighted by Crippen LogP contribution is -2.17. The van der Waals surface area contributed by atoms with Crippen LogP contribution in [0.1, 0.15) is 5.82 Å². The van der Waals surface area contributed by atoms with Crippen LogP contribution in [-0.4, -0.2) is 23.4 Å². The summed E-state index contributed by atoms with van der Waals surface area (Å²) in [5, 5.41) is 0. The van der Waals surface area contributed by atoms with Gasteiger partial charge in [-0.2, -0.15) is 0 Å². The van der Waals surface area contributed by atoms with Crippen molar-refractivity contribution in [3.8, 4) is 17.0 Å². The van der Waals surface area contributed by atoms with Crippen molar-refractivity contribution in [2.24, 2.45) is 0 Å². The van der Waals surface area contributed by atoms with Crippen molar-refractivity contribution in [1.82, 2.24) is 9.97 Å². The third-order valence-corrected chi connectivity index (χ3v) is 2.45. The summed E-state index contributed by atoms with van der Waals surface area (Å²) in [7, 11) is 1.45. The highest BCUT2D eigenvalue weighted by Crippen LogP contribution is 2.33. The number of rotatable bonds is 4. The summed E-state index contributed by atoms with van der Waals surface area (Å²) < 4.78 is 46.1. The van der Waals surface area contributed by atoms with Gasteiger partial charge in [0.1, 0.15) is 18.2 Å². The third kappa shape index (κ3) is 4.06. The molecule has 0 atom stereocenters. The zero-order valence-corrected chi connectivity index (χ0v) is 11.0. The molecule has 5 nitrogen and oxygen atoms in total. The zero-order valence-electron chi connectivity index (χ0n) is 11.0. The van der Waals surface area contributed by atoms with Gasteiger partial charge in [-0.25, -0.2) is 9.97 Å². The number of halogens is 3. The number of anilines is 1. The minimum atomic E-state index is -4.79. The molecule has 0 saturated heterocycles. The second-order valence-electron chi connectivity index (χ2n) is 4.07. The lowest BCUT2D eigenvalue weighted by atomic mass is 10.1. The number of hydrogen-bond donors (Lipinski definition) is 1.